The first-order chi connectivity index (χ1) is 8.56. The summed E-state index contributed by atoms with van der Waals surface area (Å²) in [4.78, 5) is 11.8. The molecular weight excluding hydrogens is 272 g/mol. The van der Waals surface area contributed by atoms with E-state index in [0.29, 0.717) is 5.75 Å². The maximum atomic E-state index is 10.9. The van der Waals surface area contributed by atoms with E-state index in [-0.39, 0.29) is 10.6 Å². The Hall–Kier alpha value is -1.46. The van der Waals surface area contributed by atoms with Gasteiger partial charge in [0.25, 0.3) is 0 Å². The number of hydrogen-bond acceptors (Lipinski definition) is 3. The van der Waals surface area contributed by atoms with Gasteiger partial charge in [0.1, 0.15) is 0 Å². The second kappa shape index (κ2) is 5.46. The zero-order valence-corrected chi connectivity index (χ0v) is 11.2. The summed E-state index contributed by atoms with van der Waals surface area (Å²) in [6, 6.07) is 6.92. The third kappa shape index (κ3) is 3.05. The lowest BCUT2D eigenvalue weighted by atomic mass is 10.2. The van der Waals surface area contributed by atoms with E-state index < -0.39 is 5.97 Å². The summed E-state index contributed by atoms with van der Waals surface area (Å²) in [5, 5.41) is 13.5. The van der Waals surface area contributed by atoms with Crippen molar-refractivity contribution in [1.29, 1.82) is 0 Å². The zero-order valence-electron chi connectivity index (χ0n) is 9.63. The van der Waals surface area contributed by atoms with Gasteiger partial charge in [0.15, 0.2) is 0 Å². The average molecular weight is 283 g/mol. The fourth-order valence-electron chi connectivity index (χ4n) is 1.46. The Kier molecular flexibility index (Phi) is 3.93. The molecule has 0 saturated heterocycles. The minimum atomic E-state index is -1.01. The highest BCUT2D eigenvalue weighted by molar-refractivity contribution is 7.98. The number of hydrogen-bond donors (Lipinski definition) is 1. The molecule has 2 rings (SSSR count). The van der Waals surface area contributed by atoms with Crippen LogP contribution in [0.25, 0.3) is 0 Å². The Morgan fingerprint density at radius 2 is 2.28 bits per heavy atom. The molecule has 2 aromatic rings. The molecule has 18 heavy (non-hydrogen) atoms. The van der Waals surface area contributed by atoms with Gasteiger partial charge in [0, 0.05) is 23.9 Å². The molecule has 0 aliphatic heterocycles. The molecule has 1 aromatic carbocycles. The van der Waals surface area contributed by atoms with Crippen molar-refractivity contribution in [2.24, 2.45) is 7.05 Å². The van der Waals surface area contributed by atoms with E-state index in [1.807, 2.05) is 25.4 Å². The number of aromatic nitrogens is 2. The van der Waals surface area contributed by atoms with Crippen molar-refractivity contribution in [3.8, 4) is 0 Å². The number of carbonyl (C=O) groups is 1. The molecule has 0 saturated carbocycles. The molecule has 0 spiro atoms. The standard InChI is InChI=1S/C12H11ClN2O2S/c1-15-5-4-8(14-15)7-18-9-2-3-11(13)10(6-9)12(16)17/h2-6H,7H2,1H3,(H,16,17). The third-order valence-corrected chi connectivity index (χ3v) is 3.68. The summed E-state index contributed by atoms with van der Waals surface area (Å²) in [6.07, 6.45) is 1.88. The van der Waals surface area contributed by atoms with Gasteiger partial charge in [0.2, 0.25) is 0 Å². The van der Waals surface area contributed by atoms with Gasteiger partial charge in [-0.15, -0.1) is 11.8 Å². The van der Waals surface area contributed by atoms with Crippen molar-refractivity contribution in [2.45, 2.75) is 10.6 Å². The van der Waals surface area contributed by atoms with E-state index in [9.17, 15) is 4.79 Å². The molecule has 6 heteroatoms. The van der Waals surface area contributed by atoms with Crippen LogP contribution in [0, 0.1) is 0 Å². The maximum Gasteiger partial charge on any atom is 0.337 e. The van der Waals surface area contributed by atoms with Gasteiger partial charge in [0.05, 0.1) is 16.3 Å². The first-order valence-electron chi connectivity index (χ1n) is 5.20. The van der Waals surface area contributed by atoms with Crippen LogP contribution >= 0.6 is 23.4 Å². The van der Waals surface area contributed by atoms with Crippen LogP contribution in [-0.4, -0.2) is 20.9 Å². The highest BCUT2D eigenvalue weighted by atomic mass is 35.5. The van der Waals surface area contributed by atoms with E-state index in [1.54, 1.807) is 16.8 Å². The van der Waals surface area contributed by atoms with E-state index in [2.05, 4.69) is 5.10 Å². The number of aromatic carboxylic acids is 1. The van der Waals surface area contributed by atoms with Crippen molar-refractivity contribution in [3.63, 3.8) is 0 Å². The molecule has 0 radical (unpaired) electrons. The van der Waals surface area contributed by atoms with E-state index in [1.165, 1.54) is 11.8 Å². The number of carboxylic acids is 1. The molecule has 4 nitrogen and oxygen atoms in total. The number of benzene rings is 1. The zero-order chi connectivity index (χ0) is 13.1. The summed E-state index contributed by atoms with van der Waals surface area (Å²) in [6.45, 7) is 0. The monoisotopic (exact) mass is 282 g/mol. The lowest BCUT2D eigenvalue weighted by Crippen LogP contribution is -1.97. The van der Waals surface area contributed by atoms with E-state index >= 15 is 0 Å². The smallest absolute Gasteiger partial charge is 0.337 e. The lowest BCUT2D eigenvalue weighted by Gasteiger charge is -2.03. The number of rotatable bonds is 4. The number of thioether (sulfide) groups is 1. The summed E-state index contributed by atoms with van der Waals surface area (Å²) in [7, 11) is 1.86. The molecule has 0 atom stereocenters. The highest BCUT2D eigenvalue weighted by Gasteiger charge is 2.09. The first kappa shape index (κ1) is 13.0. The predicted molar refractivity (Wildman–Crippen MR) is 71.2 cm³/mol. The molecule has 1 heterocycles. The summed E-state index contributed by atoms with van der Waals surface area (Å²) >= 11 is 7.34. The third-order valence-electron chi connectivity index (χ3n) is 2.32. The van der Waals surface area contributed by atoms with Crippen molar-refractivity contribution in [3.05, 3.63) is 46.7 Å². The van der Waals surface area contributed by atoms with Crippen LogP contribution in [0.15, 0.2) is 35.4 Å². The lowest BCUT2D eigenvalue weighted by molar-refractivity contribution is 0.0697. The second-order valence-electron chi connectivity index (χ2n) is 3.72. The predicted octanol–water partition coefficient (Wildman–Crippen LogP) is 3.06. The molecule has 0 unspecified atom stereocenters. The Labute approximate surface area is 114 Å². The quantitative estimate of drug-likeness (QED) is 0.876. The Balaban J connectivity index is 2.10. The number of halogens is 1. The summed E-state index contributed by atoms with van der Waals surface area (Å²) in [5.74, 6) is -0.318. The fourth-order valence-corrected chi connectivity index (χ4v) is 2.49. The van der Waals surface area contributed by atoms with Gasteiger partial charge in [-0.2, -0.15) is 5.10 Å². The molecule has 0 fully saturated rings. The van der Waals surface area contributed by atoms with Crippen molar-refractivity contribution in [1.82, 2.24) is 9.78 Å². The average Bonchev–Trinajstić information content (AvgIpc) is 2.74. The molecule has 0 amide bonds. The Morgan fingerprint density at radius 1 is 1.50 bits per heavy atom. The summed E-state index contributed by atoms with van der Waals surface area (Å²) < 4.78 is 1.74. The Bertz CT molecular complexity index is 583. The number of carboxylic acid groups (broad SMARTS) is 1. The van der Waals surface area contributed by atoms with Gasteiger partial charge in [-0.25, -0.2) is 4.79 Å². The van der Waals surface area contributed by atoms with Gasteiger partial charge < -0.3 is 5.11 Å². The molecule has 0 aliphatic rings. The number of aryl methyl sites for hydroxylation is 1. The maximum absolute atomic E-state index is 10.9. The van der Waals surface area contributed by atoms with Crippen molar-refractivity contribution < 1.29 is 9.90 Å². The molecule has 1 N–H and O–H groups in total. The van der Waals surface area contributed by atoms with E-state index in [4.69, 9.17) is 16.7 Å². The minimum absolute atomic E-state index is 0.127. The molecular formula is C12H11ClN2O2S. The largest absolute Gasteiger partial charge is 0.478 e. The molecule has 0 bridgehead atoms. The normalized spacial score (nSPS) is 10.6. The SMILES string of the molecule is Cn1ccc(CSc2ccc(Cl)c(C(=O)O)c2)n1. The van der Waals surface area contributed by atoms with Crippen LogP contribution in [0.5, 0.6) is 0 Å². The van der Waals surface area contributed by atoms with Gasteiger partial charge in [-0.1, -0.05) is 11.6 Å². The van der Waals surface area contributed by atoms with E-state index in [0.717, 1.165) is 10.6 Å². The summed E-state index contributed by atoms with van der Waals surface area (Å²) in [5.41, 5.74) is 1.08. The highest BCUT2D eigenvalue weighted by Crippen LogP contribution is 2.26. The topological polar surface area (TPSA) is 55.1 Å². The van der Waals surface area contributed by atoms with Crippen LogP contribution < -0.4 is 0 Å². The van der Waals surface area contributed by atoms with Gasteiger partial charge in [-0.3, -0.25) is 4.68 Å². The number of nitrogens with zero attached hydrogens (tertiary/aromatic N) is 2. The first-order valence-corrected chi connectivity index (χ1v) is 6.57. The van der Waals surface area contributed by atoms with Crippen molar-refractivity contribution in [2.75, 3.05) is 0 Å². The van der Waals surface area contributed by atoms with Gasteiger partial charge in [-0.05, 0) is 24.3 Å². The van der Waals surface area contributed by atoms with Gasteiger partial charge >= 0.3 is 5.97 Å². The molecule has 0 aliphatic carbocycles. The van der Waals surface area contributed by atoms with Crippen LogP contribution in [0.2, 0.25) is 5.02 Å². The van der Waals surface area contributed by atoms with Crippen LogP contribution in [0.4, 0.5) is 0 Å². The van der Waals surface area contributed by atoms with Crippen LogP contribution in [-0.2, 0) is 12.8 Å². The molecule has 94 valence electrons. The molecule has 1 aromatic heterocycles. The minimum Gasteiger partial charge on any atom is -0.478 e. The van der Waals surface area contributed by atoms with Crippen LogP contribution in [0.3, 0.4) is 0 Å². The fraction of sp³-hybridized carbons (Fsp3) is 0.167. The Morgan fingerprint density at radius 3 is 2.89 bits per heavy atom. The second-order valence-corrected chi connectivity index (χ2v) is 5.17. The van der Waals surface area contributed by atoms with Crippen LogP contribution in [0.1, 0.15) is 16.1 Å². The van der Waals surface area contributed by atoms with Crippen molar-refractivity contribution >= 4 is 29.3 Å².